The highest BCUT2D eigenvalue weighted by atomic mass is 32.2. The summed E-state index contributed by atoms with van der Waals surface area (Å²) in [6, 6.07) is 6.88. The number of nitrogens with one attached hydrogen (secondary N) is 1. The van der Waals surface area contributed by atoms with Crippen LogP contribution in [0.2, 0.25) is 0 Å². The molecule has 1 aromatic carbocycles. The monoisotopic (exact) mass is 339 g/mol. The molecule has 0 saturated heterocycles. The predicted molar refractivity (Wildman–Crippen MR) is 91.8 cm³/mol. The number of carboxylic acid groups (broad SMARTS) is 1. The van der Waals surface area contributed by atoms with Crippen molar-refractivity contribution in [1.82, 2.24) is 5.32 Å². The first-order valence-corrected chi connectivity index (χ1v) is 8.43. The van der Waals surface area contributed by atoms with Gasteiger partial charge in [0.1, 0.15) is 5.25 Å². The van der Waals surface area contributed by atoms with E-state index >= 15 is 0 Å². The number of carboxylic acids is 1. The van der Waals surface area contributed by atoms with Gasteiger partial charge in [0.05, 0.1) is 11.7 Å². The van der Waals surface area contributed by atoms with Crippen molar-refractivity contribution in [2.24, 2.45) is 5.41 Å². The van der Waals surface area contributed by atoms with E-state index in [9.17, 15) is 14.7 Å². The maximum absolute atomic E-state index is 12.3. The van der Waals surface area contributed by atoms with Crippen LogP contribution in [0.5, 0.6) is 0 Å². The van der Waals surface area contributed by atoms with E-state index in [1.165, 1.54) is 0 Å². The second-order valence-electron chi connectivity index (χ2n) is 6.72. The number of thioether (sulfide) groups is 1. The van der Waals surface area contributed by atoms with Crippen molar-refractivity contribution in [2.45, 2.75) is 50.4 Å². The average molecular weight is 339 g/mol. The summed E-state index contributed by atoms with van der Waals surface area (Å²) in [5, 5.41) is 21.0. The van der Waals surface area contributed by atoms with E-state index in [1.54, 1.807) is 31.2 Å². The van der Waals surface area contributed by atoms with Gasteiger partial charge < -0.3 is 15.5 Å². The molecule has 0 aliphatic heterocycles. The molecule has 1 rings (SSSR count). The molecule has 0 heterocycles. The molecule has 128 valence electrons. The SMILES string of the molecule is CC(Sc1ccccc1C(=O)NCC(O)CC(C)(C)C)C(=O)O. The van der Waals surface area contributed by atoms with E-state index in [1.807, 2.05) is 20.8 Å². The number of amides is 1. The third-order valence-electron chi connectivity index (χ3n) is 3.13. The van der Waals surface area contributed by atoms with E-state index in [-0.39, 0.29) is 17.9 Å². The smallest absolute Gasteiger partial charge is 0.316 e. The van der Waals surface area contributed by atoms with Gasteiger partial charge in [0.15, 0.2) is 0 Å². The van der Waals surface area contributed by atoms with E-state index in [0.29, 0.717) is 16.9 Å². The fraction of sp³-hybridized carbons (Fsp3) is 0.529. The third-order valence-corrected chi connectivity index (χ3v) is 4.29. The quantitative estimate of drug-likeness (QED) is 0.665. The van der Waals surface area contributed by atoms with E-state index < -0.39 is 17.3 Å². The van der Waals surface area contributed by atoms with Gasteiger partial charge in [-0.25, -0.2) is 0 Å². The van der Waals surface area contributed by atoms with Crippen LogP contribution in [0.25, 0.3) is 0 Å². The minimum Gasteiger partial charge on any atom is -0.480 e. The fourth-order valence-electron chi connectivity index (χ4n) is 2.08. The Labute approximate surface area is 141 Å². The molecule has 5 nitrogen and oxygen atoms in total. The summed E-state index contributed by atoms with van der Waals surface area (Å²) in [4.78, 5) is 23.9. The second-order valence-corrected chi connectivity index (χ2v) is 8.11. The number of aliphatic hydroxyl groups excluding tert-OH is 1. The van der Waals surface area contributed by atoms with Crippen LogP contribution in [0.4, 0.5) is 0 Å². The number of carbonyl (C=O) groups excluding carboxylic acids is 1. The normalized spacial score (nSPS) is 14.1. The Morgan fingerprint density at radius 3 is 2.43 bits per heavy atom. The zero-order valence-corrected chi connectivity index (χ0v) is 14.8. The molecule has 0 aromatic heterocycles. The Morgan fingerprint density at radius 2 is 1.87 bits per heavy atom. The second kappa shape index (κ2) is 8.36. The number of aliphatic hydroxyl groups is 1. The van der Waals surface area contributed by atoms with Crippen molar-refractivity contribution in [1.29, 1.82) is 0 Å². The first-order chi connectivity index (χ1) is 10.6. The van der Waals surface area contributed by atoms with Crippen LogP contribution in [0.15, 0.2) is 29.2 Å². The largest absolute Gasteiger partial charge is 0.480 e. The number of hydrogen-bond acceptors (Lipinski definition) is 4. The van der Waals surface area contributed by atoms with Gasteiger partial charge in [-0.1, -0.05) is 32.9 Å². The highest BCUT2D eigenvalue weighted by Crippen LogP contribution is 2.27. The number of benzene rings is 1. The Hall–Kier alpha value is -1.53. The first kappa shape index (κ1) is 19.5. The average Bonchev–Trinajstić information content (AvgIpc) is 2.43. The Bertz CT molecular complexity index is 554. The van der Waals surface area contributed by atoms with Gasteiger partial charge in [0.2, 0.25) is 0 Å². The number of aliphatic carboxylic acids is 1. The van der Waals surface area contributed by atoms with Crippen molar-refractivity contribution in [3.05, 3.63) is 29.8 Å². The molecule has 0 radical (unpaired) electrons. The first-order valence-electron chi connectivity index (χ1n) is 7.55. The highest BCUT2D eigenvalue weighted by Gasteiger charge is 2.20. The van der Waals surface area contributed by atoms with Gasteiger partial charge in [-0.2, -0.15) is 0 Å². The van der Waals surface area contributed by atoms with Crippen LogP contribution >= 0.6 is 11.8 Å². The van der Waals surface area contributed by atoms with Crippen LogP contribution in [0.1, 0.15) is 44.5 Å². The molecule has 1 amide bonds. The summed E-state index contributed by atoms with van der Waals surface area (Å²) in [5.41, 5.74) is 0.406. The molecule has 0 saturated carbocycles. The Balaban J connectivity index is 2.71. The summed E-state index contributed by atoms with van der Waals surface area (Å²) < 4.78 is 0. The lowest BCUT2D eigenvalue weighted by Crippen LogP contribution is -2.34. The molecule has 0 aliphatic carbocycles. The molecule has 2 atom stereocenters. The topological polar surface area (TPSA) is 86.6 Å². The van der Waals surface area contributed by atoms with Crippen molar-refractivity contribution in [2.75, 3.05) is 6.54 Å². The van der Waals surface area contributed by atoms with Crippen molar-refractivity contribution < 1.29 is 19.8 Å². The lowest BCUT2D eigenvalue weighted by molar-refractivity contribution is -0.136. The maximum atomic E-state index is 12.3. The predicted octanol–water partition coefficient (Wildman–Crippen LogP) is 2.78. The molecule has 6 heteroatoms. The van der Waals surface area contributed by atoms with Gasteiger partial charge in [-0.3, -0.25) is 9.59 Å². The van der Waals surface area contributed by atoms with Gasteiger partial charge >= 0.3 is 5.97 Å². The van der Waals surface area contributed by atoms with Crippen molar-refractivity contribution >= 4 is 23.6 Å². The van der Waals surface area contributed by atoms with Crippen LogP contribution in [-0.2, 0) is 4.79 Å². The molecule has 0 bridgehead atoms. The molecule has 0 fully saturated rings. The van der Waals surface area contributed by atoms with Gasteiger partial charge in [0, 0.05) is 11.4 Å². The number of hydrogen-bond donors (Lipinski definition) is 3. The summed E-state index contributed by atoms with van der Waals surface area (Å²) in [6.07, 6.45) is -0.0311. The van der Waals surface area contributed by atoms with E-state index in [2.05, 4.69) is 5.32 Å². The van der Waals surface area contributed by atoms with Crippen LogP contribution in [0, 0.1) is 5.41 Å². The fourth-order valence-corrected chi connectivity index (χ4v) is 3.01. The number of rotatable bonds is 7. The molecule has 3 N–H and O–H groups in total. The van der Waals surface area contributed by atoms with Gasteiger partial charge in [0.25, 0.3) is 5.91 Å². The van der Waals surface area contributed by atoms with Crippen LogP contribution in [-0.4, -0.2) is 40.0 Å². The summed E-state index contributed by atoms with van der Waals surface area (Å²) >= 11 is 1.13. The Kier molecular flexibility index (Phi) is 7.09. The van der Waals surface area contributed by atoms with Crippen molar-refractivity contribution in [3.63, 3.8) is 0 Å². The number of carbonyl (C=O) groups is 2. The van der Waals surface area contributed by atoms with E-state index in [0.717, 1.165) is 11.8 Å². The third kappa shape index (κ3) is 7.05. The standard InChI is InChI=1S/C17H25NO4S/c1-11(16(21)22)23-14-8-6-5-7-13(14)15(20)18-10-12(19)9-17(2,3)4/h5-8,11-12,19H,9-10H2,1-4H3,(H,18,20)(H,21,22). The molecule has 0 aliphatic rings. The van der Waals surface area contributed by atoms with E-state index in [4.69, 9.17) is 5.11 Å². The zero-order valence-electron chi connectivity index (χ0n) is 14.0. The lowest BCUT2D eigenvalue weighted by atomic mass is 9.89. The van der Waals surface area contributed by atoms with Gasteiger partial charge in [-0.15, -0.1) is 11.8 Å². The zero-order chi connectivity index (χ0) is 17.6. The van der Waals surface area contributed by atoms with Crippen molar-refractivity contribution in [3.8, 4) is 0 Å². The molecular weight excluding hydrogens is 314 g/mol. The minimum atomic E-state index is -0.925. The minimum absolute atomic E-state index is 0.0190. The lowest BCUT2D eigenvalue weighted by Gasteiger charge is -2.22. The Morgan fingerprint density at radius 1 is 1.26 bits per heavy atom. The van der Waals surface area contributed by atoms with Crippen LogP contribution < -0.4 is 5.32 Å². The molecule has 1 aromatic rings. The molecule has 2 unspecified atom stereocenters. The van der Waals surface area contributed by atoms with Crippen LogP contribution in [0.3, 0.4) is 0 Å². The highest BCUT2D eigenvalue weighted by molar-refractivity contribution is 8.00. The summed E-state index contributed by atoms with van der Waals surface area (Å²) in [5.74, 6) is -1.23. The summed E-state index contributed by atoms with van der Waals surface area (Å²) in [7, 11) is 0. The summed E-state index contributed by atoms with van der Waals surface area (Å²) in [6.45, 7) is 7.82. The maximum Gasteiger partial charge on any atom is 0.316 e. The molecule has 0 spiro atoms. The van der Waals surface area contributed by atoms with Gasteiger partial charge in [-0.05, 0) is 30.9 Å². The molecular formula is C17H25NO4S. The molecule has 23 heavy (non-hydrogen) atoms.